The SMILES string of the molecule is CCOc1ccc(/C(O)=C2/C(=O)C(=O)N(c3cccc(OC)c3)C2c2cccc(O)c2)cc1C(C)C. The molecule has 1 saturated heterocycles. The van der Waals surface area contributed by atoms with Crippen molar-refractivity contribution in [2.24, 2.45) is 0 Å². The number of carbonyl (C=O) groups excluding carboxylic acids is 2. The van der Waals surface area contributed by atoms with E-state index >= 15 is 0 Å². The van der Waals surface area contributed by atoms with E-state index in [1.807, 2.05) is 20.8 Å². The summed E-state index contributed by atoms with van der Waals surface area (Å²) in [4.78, 5) is 28.1. The average Bonchev–Trinajstić information content (AvgIpc) is 3.14. The second kappa shape index (κ2) is 10.2. The summed E-state index contributed by atoms with van der Waals surface area (Å²) < 4.78 is 11.0. The molecule has 1 heterocycles. The molecule has 1 amide bonds. The molecule has 1 fully saturated rings. The molecule has 7 heteroatoms. The Morgan fingerprint density at radius 1 is 1.03 bits per heavy atom. The fourth-order valence-electron chi connectivity index (χ4n) is 4.46. The number of phenols is 1. The van der Waals surface area contributed by atoms with Crippen LogP contribution in [0.4, 0.5) is 5.69 Å². The Morgan fingerprint density at radius 2 is 1.78 bits per heavy atom. The maximum absolute atomic E-state index is 13.4. The second-order valence-corrected chi connectivity index (χ2v) is 8.81. The number of benzene rings is 3. The smallest absolute Gasteiger partial charge is 0.300 e. The zero-order chi connectivity index (χ0) is 26.0. The lowest BCUT2D eigenvalue weighted by atomic mass is 9.93. The van der Waals surface area contributed by atoms with Crippen molar-refractivity contribution in [3.8, 4) is 17.2 Å². The number of ketones is 1. The lowest BCUT2D eigenvalue weighted by molar-refractivity contribution is -0.132. The van der Waals surface area contributed by atoms with Gasteiger partial charge < -0.3 is 19.7 Å². The van der Waals surface area contributed by atoms with Crippen LogP contribution in [-0.4, -0.2) is 35.6 Å². The largest absolute Gasteiger partial charge is 0.508 e. The van der Waals surface area contributed by atoms with Crippen LogP contribution in [0, 0.1) is 0 Å². The number of methoxy groups -OCH3 is 1. The summed E-state index contributed by atoms with van der Waals surface area (Å²) >= 11 is 0. The van der Waals surface area contributed by atoms with Gasteiger partial charge in [-0.2, -0.15) is 0 Å². The molecule has 3 aromatic rings. The molecule has 0 bridgehead atoms. The molecular formula is C29H29NO6. The van der Waals surface area contributed by atoms with Gasteiger partial charge in [-0.05, 0) is 66.4 Å². The predicted molar refractivity (Wildman–Crippen MR) is 138 cm³/mol. The Kier molecular flexibility index (Phi) is 7.01. The van der Waals surface area contributed by atoms with Gasteiger partial charge in [0.2, 0.25) is 0 Å². The molecule has 36 heavy (non-hydrogen) atoms. The first kappa shape index (κ1) is 24.9. The molecule has 1 aliphatic rings. The molecule has 2 N–H and O–H groups in total. The van der Waals surface area contributed by atoms with E-state index in [1.165, 1.54) is 24.1 Å². The highest BCUT2D eigenvalue weighted by Gasteiger charge is 2.47. The normalized spacial score (nSPS) is 17.0. The summed E-state index contributed by atoms with van der Waals surface area (Å²) in [6.07, 6.45) is 0. The number of nitrogens with zero attached hydrogens (tertiary/aromatic N) is 1. The van der Waals surface area contributed by atoms with E-state index in [2.05, 4.69) is 0 Å². The number of amides is 1. The number of Topliss-reactive ketones (excluding diaryl/α,β-unsaturated/α-hetero) is 1. The van der Waals surface area contributed by atoms with Gasteiger partial charge in [-0.1, -0.05) is 32.0 Å². The average molecular weight is 488 g/mol. The van der Waals surface area contributed by atoms with Gasteiger partial charge >= 0.3 is 0 Å². The molecule has 4 rings (SSSR count). The van der Waals surface area contributed by atoms with Gasteiger partial charge in [0.1, 0.15) is 23.0 Å². The topological polar surface area (TPSA) is 96.3 Å². The number of phenolic OH excluding ortho intramolecular Hbond substituents is 1. The third-order valence-electron chi connectivity index (χ3n) is 6.17. The Labute approximate surface area is 210 Å². The zero-order valence-electron chi connectivity index (χ0n) is 20.7. The molecule has 0 aliphatic carbocycles. The molecule has 1 aliphatic heterocycles. The van der Waals surface area contributed by atoms with Crippen LogP contribution in [0.2, 0.25) is 0 Å². The summed E-state index contributed by atoms with van der Waals surface area (Å²) in [5.74, 6) is -0.608. The van der Waals surface area contributed by atoms with Gasteiger partial charge in [0.25, 0.3) is 11.7 Å². The fraction of sp³-hybridized carbons (Fsp3) is 0.241. The highest BCUT2D eigenvalue weighted by atomic mass is 16.5. The molecule has 3 aromatic carbocycles. The van der Waals surface area contributed by atoms with Gasteiger partial charge in [0.05, 0.1) is 25.3 Å². The second-order valence-electron chi connectivity index (χ2n) is 8.81. The summed E-state index contributed by atoms with van der Waals surface area (Å²) in [5.41, 5.74) is 2.12. The fourth-order valence-corrected chi connectivity index (χ4v) is 4.46. The van der Waals surface area contributed by atoms with Crippen LogP contribution in [-0.2, 0) is 9.59 Å². The molecule has 1 atom stereocenters. The molecule has 0 spiro atoms. The van der Waals surface area contributed by atoms with Crippen LogP contribution in [0.25, 0.3) is 5.76 Å². The molecule has 186 valence electrons. The van der Waals surface area contributed by atoms with Crippen molar-refractivity contribution in [2.45, 2.75) is 32.7 Å². The van der Waals surface area contributed by atoms with Gasteiger partial charge in [-0.25, -0.2) is 0 Å². The Morgan fingerprint density at radius 3 is 2.44 bits per heavy atom. The Hall–Kier alpha value is -4.26. The van der Waals surface area contributed by atoms with Crippen molar-refractivity contribution < 1.29 is 29.3 Å². The van der Waals surface area contributed by atoms with Crippen molar-refractivity contribution in [1.82, 2.24) is 0 Å². The Balaban J connectivity index is 1.94. The number of hydrogen-bond acceptors (Lipinski definition) is 6. The predicted octanol–water partition coefficient (Wildman–Crippen LogP) is 5.55. The number of anilines is 1. The maximum atomic E-state index is 13.4. The maximum Gasteiger partial charge on any atom is 0.300 e. The minimum atomic E-state index is -0.960. The number of ether oxygens (including phenoxy) is 2. The quantitative estimate of drug-likeness (QED) is 0.258. The lowest BCUT2D eigenvalue weighted by Crippen LogP contribution is -2.29. The van der Waals surface area contributed by atoms with Crippen LogP contribution < -0.4 is 14.4 Å². The monoisotopic (exact) mass is 487 g/mol. The minimum Gasteiger partial charge on any atom is -0.508 e. The van der Waals surface area contributed by atoms with Gasteiger partial charge in [0, 0.05) is 17.3 Å². The minimum absolute atomic E-state index is 0.0214. The molecule has 0 radical (unpaired) electrons. The molecule has 1 unspecified atom stereocenters. The van der Waals surface area contributed by atoms with Crippen LogP contribution in [0.3, 0.4) is 0 Å². The summed E-state index contributed by atoms with van der Waals surface area (Å²) in [6, 6.07) is 17.4. The van der Waals surface area contributed by atoms with Gasteiger partial charge in [-0.15, -0.1) is 0 Å². The Bertz CT molecular complexity index is 1340. The van der Waals surface area contributed by atoms with Gasteiger partial charge in [0.15, 0.2) is 0 Å². The van der Waals surface area contributed by atoms with Crippen molar-refractivity contribution in [2.75, 3.05) is 18.6 Å². The van der Waals surface area contributed by atoms with Gasteiger partial charge in [-0.3, -0.25) is 14.5 Å². The van der Waals surface area contributed by atoms with Crippen molar-refractivity contribution >= 4 is 23.1 Å². The van der Waals surface area contributed by atoms with Crippen LogP contribution in [0.5, 0.6) is 17.2 Å². The number of aliphatic hydroxyl groups excluding tert-OH is 1. The first-order chi connectivity index (χ1) is 17.3. The van der Waals surface area contributed by atoms with E-state index < -0.39 is 17.7 Å². The van der Waals surface area contributed by atoms with E-state index in [9.17, 15) is 19.8 Å². The first-order valence-corrected chi connectivity index (χ1v) is 11.8. The van der Waals surface area contributed by atoms with Crippen LogP contribution >= 0.6 is 0 Å². The zero-order valence-corrected chi connectivity index (χ0v) is 20.7. The van der Waals surface area contributed by atoms with E-state index in [-0.39, 0.29) is 23.0 Å². The summed E-state index contributed by atoms with van der Waals surface area (Å²) in [6.45, 7) is 6.41. The lowest BCUT2D eigenvalue weighted by Gasteiger charge is -2.26. The van der Waals surface area contributed by atoms with E-state index in [0.29, 0.717) is 34.9 Å². The van der Waals surface area contributed by atoms with Crippen molar-refractivity contribution in [1.29, 1.82) is 0 Å². The number of aromatic hydroxyl groups is 1. The first-order valence-electron chi connectivity index (χ1n) is 11.8. The molecule has 7 nitrogen and oxygen atoms in total. The third kappa shape index (κ3) is 4.52. The van der Waals surface area contributed by atoms with Crippen LogP contribution in [0.1, 0.15) is 49.4 Å². The number of hydrogen-bond donors (Lipinski definition) is 2. The van der Waals surface area contributed by atoms with E-state index in [1.54, 1.807) is 54.6 Å². The summed E-state index contributed by atoms with van der Waals surface area (Å²) in [7, 11) is 1.51. The molecule has 0 aromatic heterocycles. The number of aliphatic hydroxyl groups is 1. The van der Waals surface area contributed by atoms with Crippen LogP contribution in [0.15, 0.2) is 72.3 Å². The van der Waals surface area contributed by atoms with E-state index in [4.69, 9.17) is 9.47 Å². The highest BCUT2D eigenvalue weighted by Crippen LogP contribution is 2.44. The van der Waals surface area contributed by atoms with Crippen molar-refractivity contribution in [3.05, 3.63) is 89.0 Å². The van der Waals surface area contributed by atoms with Crippen molar-refractivity contribution in [3.63, 3.8) is 0 Å². The summed E-state index contributed by atoms with van der Waals surface area (Å²) in [5, 5.41) is 21.6. The highest BCUT2D eigenvalue weighted by molar-refractivity contribution is 6.51. The standard InChI is InChI=1S/C29H29NO6/c1-5-36-24-13-12-19(15-23(24)17(2)3)27(32)25-26(18-8-6-10-21(31)14-18)30(29(34)28(25)33)20-9-7-11-22(16-20)35-4/h6-17,26,31-32H,5H2,1-4H3/b27-25-. The third-order valence-corrected chi connectivity index (χ3v) is 6.17. The number of carbonyl (C=O) groups is 2. The van der Waals surface area contributed by atoms with E-state index in [0.717, 1.165) is 5.56 Å². The number of rotatable bonds is 7. The molecule has 0 saturated carbocycles. The molecular weight excluding hydrogens is 458 g/mol.